The predicted molar refractivity (Wildman–Crippen MR) is 207 cm³/mol. The average Bonchev–Trinajstić information content (AvgIpc) is 3.64. The Balaban J connectivity index is 1.30. The van der Waals surface area contributed by atoms with Crippen LogP contribution in [0, 0.1) is 0 Å². The Hall–Kier alpha value is -6.24. The van der Waals surface area contributed by atoms with Crippen molar-refractivity contribution in [1.82, 2.24) is 0 Å². The second-order valence-corrected chi connectivity index (χ2v) is 13.9. The number of hydrogen-bond acceptors (Lipinski definition) is 0. The molecule has 49 heavy (non-hydrogen) atoms. The maximum atomic E-state index is 2.58. The summed E-state index contributed by atoms with van der Waals surface area (Å²) in [6.07, 6.45) is 0. The van der Waals surface area contributed by atoms with E-state index in [9.17, 15) is 0 Å². The first-order valence-corrected chi connectivity index (χ1v) is 17.3. The lowest BCUT2D eigenvalue weighted by Crippen LogP contribution is -2.26. The fraction of sp³-hybridized carbons (Fsp3) is 0.0204. The Morgan fingerprint density at radius 3 is 1.61 bits per heavy atom. The SMILES string of the molecule is c1ccc2c(c1)-c1ccccc1C21c2cc(-c3ccc4ccc5cccc6ccc3c4c56)c3ccccc3c2-c2ccc3ccccc3c21. The van der Waals surface area contributed by atoms with E-state index in [1.165, 1.54) is 109 Å². The smallest absolute Gasteiger partial charge is 0.0619 e. The zero-order chi connectivity index (χ0) is 31.8. The van der Waals surface area contributed by atoms with Crippen LogP contribution < -0.4 is 0 Å². The quantitative estimate of drug-likeness (QED) is 0.161. The number of benzene rings is 10. The van der Waals surface area contributed by atoms with E-state index in [1.54, 1.807) is 0 Å². The van der Waals surface area contributed by atoms with Crippen molar-refractivity contribution in [3.63, 3.8) is 0 Å². The summed E-state index contributed by atoms with van der Waals surface area (Å²) in [6.45, 7) is 0. The minimum Gasteiger partial charge on any atom is -0.0619 e. The lowest BCUT2D eigenvalue weighted by molar-refractivity contribution is 0.802. The Morgan fingerprint density at radius 2 is 0.837 bits per heavy atom. The van der Waals surface area contributed by atoms with Gasteiger partial charge in [0.15, 0.2) is 0 Å². The van der Waals surface area contributed by atoms with Crippen LogP contribution >= 0.6 is 0 Å². The average molecular weight is 617 g/mol. The highest BCUT2D eigenvalue weighted by Crippen LogP contribution is 2.65. The number of fused-ring (bicyclic) bond motifs is 14. The largest absolute Gasteiger partial charge is 0.0731 e. The van der Waals surface area contributed by atoms with Gasteiger partial charge in [-0.1, -0.05) is 164 Å². The van der Waals surface area contributed by atoms with Crippen LogP contribution in [-0.2, 0) is 5.41 Å². The molecule has 0 saturated heterocycles. The molecular weight excluding hydrogens is 589 g/mol. The van der Waals surface area contributed by atoms with Gasteiger partial charge in [-0.15, -0.1) is 0 Å². The zero-order valence-corrected chi connectivity index (χ0v) is 26.7. The maximum Gasteiger partial charge on any atom is 0.0731 e. The van der Waals surface area contributed by atoms with Crippen molar-refractivity contribution in [2.45, 2.75) is 5.41 Å². The van der Waals surface area contributed by atoms with Gasteiger partial charge in [-0.3, -0.25) is 0 Å². The van der Waals surface area contributed by atoms with E-state index in [0.717, 1.165) is 0 Å². The fourth-order valence-corrected chi connectivity index (χ4v) is 9.97. The van der Waals surface area contributed by atoms with Crippen molar-refractivity contribution in [2.24, 2.45) is 0 Å². The lowest BCUT2D eigenvalue weighted by atomic mass is 9.69. The molecule has 0 aromatic heterocycles. The summed E-state index contributed by atoms with van der Waals surface area (Å²) in [5.74, 6) is 0. The highest BCUT2D eigenvalue weighted by molar-refractivity contribution is 6.26. The summed E-state index contributed by atoms with van der Waals surface area (Å²) in [6, 6.07) is 64.3. The van der Waals surface area contributed by atoms with Crippen LogP contribution in [0.5, 0.6) is 0 Å². The first-order chi connectivity index (χ1) is 24.3. The molecule has 1 spiro atoms. The van der Waals surface area contributed by atoms with Crippen molar-refractivity contribution in [1.29, 1.82) is 0 Å². The van der Waals surface area contributed by atoms with E-state index in [4.69, 9.17) is 0 Å². The summed E-state index contributed by atoms with van der Waals surface area (Å²) in [5.41, 5.74) is 13.1. The Morgan fingerprint density at radius 1 is 0.286 bits per heavy atom. The predicted octanol–water partition coefficient (Wildman–Crippen LogP) is 12.9. The Kier molecular flexibility index (Phi) is 4.74. The topological polar surface area (TPSA) is 0 Å². The van der Waals surface area contributed by atoms with Crippen LogP contribution in [0.4, 0.5) is 0 Å². The van der Waals surface area contributed by atoms with Gasteiger partial charge in [-0.05, 0) is 116 Å². The summed E-state index contributed by atoms with van der Waals surface area (Å²) in [4.78, 5) is 0. The Labute approximate surface area is 283 Å². The van der Waals surface area contributed by atoms with Crippen molar-refractivity contribution in [3.05, 3.63) is 192 Å². The van der Waals surface area contributed by atoms with E-state index < -0.39 is 5.41 Å². The van der Waals surface area contributed by atoms with E-state index in [1.807, 2.05) is 0 Å². The first-order valence-electron chi connectivity index (χ1n) is 17.3. The van der Waals surface area contributed by atoms with Gasteiger partial charge in [0.25, 0.3) is 0 Å². The third-order valence-electron chi connectivity index (χ3n) is 11.8. The molecule has 0 aliphatic heterocycles. The van der Waals surface area contributed by atoms with Crippen LogP contribution in [0.25, 0.3) is 87.2 Å². The fourth-order valence-electron chi connectivity index (χ4n) is 9.97. The number of rotatable bonds is 1. The minimum absolute atomic E-state index is 0.443. The van der Waals surface area contributed by atoms with Crippen LogP contribution in [0.1, 0.15) is 22.3 Å². The molecule has 0 nitrogen and oxygen atoms in total. The van der Waals surface area contributed by atoms with Gasteiger partial charge in [-0.25, -0.2) is 0 Å². The van der Waals surface area contributed by atoms with E-state index in [2.05, 4.69) is 170 Å². The van der Waals surface area contributed by atoms with Crippen molar-refractivity contribution < 1.29 is 0 Å². The third kappa shape index (κ3) is 3.02. The van der Waals surface area contributed by atoms with Crippen LogP contribution in [-0.4, -0.2) is 0 Å². The van der Waals surface area contributed by atoms with Gasteiger partial charge < -0.3 is 0 Å². The highest BCUT2D eigenvalue weighted by atomic mass is 14.5. The molecule has 0 heterocycles. The molecule has 2 aliphatic carbocycles. The molecule has 0 atom stereocenters. The molecule has 0 N–H and O–H groups in total. The second kappa shape index (κ2) is 9.01. The summed E-state index contributed by atoms with van der Waals surface area (Å²) in [7, 11) is 0. The molecule has 224 valence electrons. The van der Waals surface area contributed by atoms with Crippen molar-refractivity contribution >= 4 is 53.9 Å². The van der Waals surface area contributed by atoms with Crippen LogP contribution in [0.2, 0.25) is 0 Å². The molecule has 0 amide bonds. The molecule has 12 rings (SSSR count). The normalized spacial score (nSPS) is 13.9. The van der Waals surface area contributed by atoms with Gasteiger partial charge in [-0.2, -0.15) is 0 Å². The second-order valence-electron chi connectivity index (χ2n) is 13.9. The highest BCUT2D eigenvalue weighted by Gasteiger charge is 2.53. The van der Waals surface area contributed by atoms with Gasteiger partial charge in [0.1, 0.15) is 0 Å². The van der Waals surface area contributed by atoms with Gasteiger partial charge >= 0.3 is 0 Å². The molecular formula is C49H28. The lowest BCUT2D eigenvalue weighted by Gasteiger charge is -2.32. The minimum atomic E-state index is -0.443. The van der Waals surface area contributed by atoms with Gasteiger partial charge in [0.2, 0.25) is 0 Å². The van der Waals surface area contributed by atoms with Gasteiger partial charge in [0.05, 0.1) is 5.41 Å². The van der Waals surface area contributed by atoms with Crippen LogP contribution in [0.3, 0.4) is 0 Å². The molecule has 0 saturated carbocycles. The van der Waals surface area contributed by atoms with E-state index in [0.29, 0.717) is 0 Å². The molecule has 10 aromatic carbocycles. The first kappa shape index (κ1) is 25.8. The molecule has 0 bridgehead atoms. The third-order valence-corrected chi connectivity index (χ3v) is 11.8. The number of hydrogen-bond donors (Lipinski definition) is 0. The van der Waals surface area contributed by atoms with E-state index in [-0.39, 0.29) is 0 Å². The van der Waals surface area contributed by atoms with Crippen molar-refractivity contribution in [3.8, 4) is 33.4 Å². The molecule has 2 aliphatic rings. The molecule has 0 unspecified atom stereocenters. The van der Waals surface area contributed by atoms with E-state index >= 15 is 0 Å². The summed E-state index contributed by atoms with van der Waals surface area (Å²) in [5, 5.41) is 13.2. The monoisotopic (exact) mass is 616 g/mol. The van der Waals surface area contributed by atoms with Crippen LogP contribution in [0.15, 0.2) is 170 Å². The zero-order valence-electron chi connectivity index (χ0n) is 26.7. The summed E-state index contributed by atoms with van der Waals surface area (Å²) >= 11 is 0. The molecule has 0 fully saturated rings. The van der Waals surface area contributed by atoms with Crippen molar-refractivity contribution in [2.75, 3.05) is 0 Å². The van der Waals surface area contributed by atoms with Gasteiger partial charge in [0, 0.05) is 0 Å². The Bertz CT molecular complexity index is 2990. The maximum absolute atomic E-state index is 2.58. The molecule has 0 radical (unpaired) electrons. The standard InChI is InChI=1S/C49H28/c1-2-13-33-29(10-1)22-27-40-47-38-17-4-3-14-34(38)41(35-25-23-32-21-20-30-11-9-12-31-24-26-39(35)46(32)45(30)31)28-44(47)49(48(33)40)42-18-7-5-15-36(42)37-16-6-8-19-43(37)49/h1-28H. The molecule has 0 heteroatoms. The molecule has 10 aromatic rings. The summed E-state index contributed by atoms with van der Waals surface area (Å²) < 4.78 is 0.